The molecule has 0 atom stereocenters. The Bertz CT molecular complexity index is 1150. The molecule has 0 unspecified atom stereocenters. The number of nitro groups is 1. The topological polar surface area (TPSA) is 160 Å². The Hall–Kier alpha value is -2.28. The summed E-state index contributed by atoms with van der Waals surface area (Å²) in [4.78, 5) is 23.2. The summed E-state index contributed by atoms with van der Waals surface area (Å²) < 4.78 is 43.2. The van der Waals surface area contributed by atoms with Gasteiger partial charge in [0, 0.05) is 5.58 Å². The second-order valence-electron chi connectivity index (χ2n) is 4.97. The van der Waals surface area contributed by atoms with Crippen molar-refractivity contribution in [3.63, 3.8) is 0 Å². The van der Waals surface area contributed by atoms with E-state index in [2.05, 4.69) is 6.07 Å². The summed E-state index contributed by atoms with van der Waals surface area (Å²) in [5.74, 6) is 0.343. The van der Waals surface area contributed by atoms with Gasteiger partial charge in [0.2, 0.25) is 10.4 Å². The van der Waals surface area contributed by atoms with Crippen LogP contribution in [-0.4, -0.2) is 29.6 Å². The van der Waals surface area contributed by atoms with Gasteiger partial charge in [0.25, 0.3) is 5.69 Å². The molecule has 1 heterocycles. The number of rotatable bonds is 3. The largest absolute Gasteiger partial charge is 1.00 e. The number of hydrogen-bond acceptors (Lipinski definition) is 8. The van der Waals surface area contributed by atoms with Gasteiger partial charge in [-0.25, -0.2) is 8.42 Å². The third-order valence-electron chi connectivity index (χ3n) is 3.31. The van der Waals surface area contributed by atoms with Crippen LogP contribution >= 0.6 is 0 Å². The van der Waals surface area contributed by atoms with Crippen molar-refractivity contribution in [1.29, 1.82) is 0 Å². The predicted octanol–water partition coefficient (Wildman–Crippen LogP) is 0.458. The van der Waals surface area contributed by atoms with E-state index in [0.29, 0.717) is 16.7 Å². The number of fused-ring (bicyclic) bond motifs is 1. The molecule has 0 aliphatic rings. The first-order valence-corrected chi connectivity index (χ1v) is 8.41. The van der Waals surface area contributed by atoms with E-state index in [4.69, 9.17) is 26.7 Å². The van der Waals surface area contributed by atoms with E-state index in [1.807, 2.05) is 0 Å². The molecular weight excluding hydrogens is 429 g/mol. The molecule has 0 aliphatic carbocycles. The maximum atomic E-state index is 12.5. The second-order valence-corrected chi connectivity index (χ2v) is 5.82. The third kappa shape index (κ3) is 7.86. The number of benzene rings is 2. The molecule has 10 nitrogen and oxygen atoms in total. The zero-order chi connectivity index (χ0) is 20.2. The minimum Gasteiger partial charge on any atom is -0.726 e. The van der Waals surface area contributed by atoms with Gasteiger partial charge in [0.05, 0.1) is 35.5 Å². The molecule has 158 valence electrons. The van der Waals surface area contributed by atoms with Crippen LogP contribution in [0.2, 0.25) is 0 Å². The van der Waals surface area contributed by atoms with Crippen molar-refractivity contribution >= 4 is 27.1 Å². The molecular formula is C18H19NNaO9S-. The van der Waals surface area contributed by atoms with Crippen LogP contribution in [0.25, 0.3) is 22.1 Å². The van der Waals surface area contributed by atoms with Crippen molar-refractivity contribution in [2.24, 2.45) is 0 Å². The van der Waals surface area contributed by atoms with Crippen molar-refractivity contribution in [2.45, 2.75) is 14.9 Å². The van der Waals surface area contributed by atoms with Crippen LogP contribution in [0.3, 0.4) is 0 Å². The summed E-state index contributed by atoms with van der Waals surface area (Å²) in [6, 6.07) is 11.8. The molecule has 0 fully saturated rings. The molecule has 1 N–H and O–H groups in total. The molecule has 0 bridgehead atoms. The van der Waals surface area contributed by atoms with Crippen LogP contribution < -0.4 is 39.7 Å². The molecule has 0 amide bonds. The van der Waals surface area contributed by atoms with E-state index < -0.39 is 15.3 Å². The molecule has 0 aliphatic heterocycles. The van der Waals surface area contributed by atoms with Crippen LogP contribution in [0.15, 0.2) is 51.9 Å². The van der Waals surface area contributed by atoms with Crippen LogP contribution in [0.5, 0.6) is 5.75 Å². The van der Waals surface area contributed by atoms with Crippen molar-refractivity contribution in [1.82, 2.24) is 0 Å². The van der Waals surface area contributed by atoms with E-state index >= 15 is 0 Å². The Kier molecular flexibility index (Phi) is 12.4. The van der Waals surface area contributed by atoms with E-state index in [-0.39, 0.29) is 66.7 Å². The van der Waals surface area contributed by atoms with Crippen molar-refractivity contribution in [2.75, 3.05) is 7.11 Å². The van der Waals surface area contributed by atoms with Gasteiger partial charge >= 0.3 is 29.6 Å². The van der Waals surface area contributed by atoms with Gasteiger partial charge in [-0.3, -0.25) is 19.5 Å². The standard InChI is InChI=1S/C16H10NO5.2CH4.Na.H2O4S/c1-21-10-6-7-11(14(8-10)17(19)20)13-9-22-15-5-3-2-4-12(15)16(13)18;;;;1-5(2,3)4/h2,4-9H,1H3;2*1H4;;(H2,1,2,3,4)/q-1;;;+1;/p-1. The molecule has 0 spiro atoms. The molecule has 2 aromatic carbocycles. The van der Waals surface area contributed by atoms with Gasteiger partial charge in [-0.2, -0.15) is 18.2 Å². The quantitative estimate of drug-likeness (QED) is 0.150. The Labute approximate surface area is 195 Å². The second kappa shape index (κ2) is 12.4. The van der Waals surface area contributed by atoms with Gasteiger partial charge in [-0.05, 0) is 17.5 Å². The van der Waals surface area contributed by atoms with Gasteiger partial charge in [-0.1, -0.05) is 14.9 Å². The van der Waals surface area contributed by atoms with Gasteiger partial charge in [0.1, 0.15) is 5.75 Å². The normalized spacial score (nSPS) is 9.70. The third-order valence-corrected chi connectivity index (χ3v) is 3.31. The number of methoxy groups -OCH3 is 1. The number of hydrogen-bond donors (Lipinski definition) is 1. The van der Waals surface area contributed by atoms with Crippen LogP contribution in [0.1, 0.15) is 14.9 Å². The molecule has 3 aromatic rings. The maximum absolute atomic E-state index is 12.5. The molecule has 0 radical (unpaired) electrons. The fourth-order valence-electron chi connectivity index (χ4n) is 2.22. The van der Waals surface area contributed by atoms with E-state index in [1.54, 1.807) is 24.3 Å². The zero-order valence-electron chi connectivity index (χ0n) is 14.6. The Morgan fingerprint density at radius 3 is 2.33 bits per heavy atom. The maximum Gasteiger partial charge on any atom is 1.00 e. The van der Waals surface area contributed by atoms with Crippen molar-refractivity contribution in [3.8, 4) is 16.9 Å². The minimum atomic E-state index is -4.92. The first-order valence-electron chi connectivity index (χ1n) is 7.04. The predicted molar refractivity (Wildman–Crippen MR) is 106 cm³/mol. The monoisotopic (exact) mass is 448 g/mol. The van der Waals surface area contributed by atoms with Gasteiger partial charge < -0.3 is 13.7 Å². The van der Waals surface area contributed by atoms with Crippen LogP contribution in [0.4, 0.5) is 5.69 Å². The molecule has 12 heteroatoms. The fraction of sp³-hybridized carbons (Fsp3) is 0.167. The molecule has 3 rings (SSSR count). The summed E-state index contributed by atoms with van der Waals surface area (Å²) in [6.07, 6.45) is 1.23. The van der Waals surface area contributed by atoms with Crippen LogP contribution in [-0.2, 0) is 10.4 Å². The van der Waals surface area contributed by atoms with E-state index in [9.17, 15) is 14.9 Å². The van der Waals surface area contributed by atoms with E-state index in [0.717, 1.165) is 0 Å². The summed E-state index contributed by atoms with van der Waals surface area (Å²) >= 11 is 0. The average molecular weight is 448 g/mol. The summed E-state index contributed by atoms with van der Waals surface area (Å²) in [5.41, 5.74) is 0.159. The average Bonchev–Trinajstić information content (AvgIpc) is 2.60. The fourth-order valence-corrected chi connectivity index (χ4v) is 2.22. The first kappa shape index (κ1) is 29.9. The first-order chi connectivity index (χ1) is 12.6. The van der Waals surface area contributed by atoms with Gasteiger partial charge in [0.15, 0.2) is 5.43 Å². The zero-order valence-corrected chi connectivity index (χ0v) is 17.4. The number of nitrogens with zero attached hydrogens (tertiary/aromatic N) is 1. The number of nitro benzene ring substituents is 1. The Morgan fingerprint density at radius 1 is 1.20 bits per heavy atom. The smallest absolute Gasteiger partial charge is 0.726 e. The summed E-state index contributed by atoms with van der Waals surface area (Å²) in [5, 5.41) is 11.6. The summed E-state index contributed by atoms with van der Waals surface area (Å²) in [7, 11) is -3.50. The van der Waals surface area contributed by atoms with Gasteiger partial charge in [-0.15, -0.1) is 6.07 Å². The SMILES string of the molecule is C.C.COc1ccc(-c2coc3c[c-]ccc3c2=O)c([N+](=O)[O-])c1.O=S(=O)([O-])O.[Na+]. The molecule has 30 heavy (non-hydrogen) atoms. The van der Waals surface area contributed by atoms with Crippen LogP contribution in [0, 0.1) is 16.2 Å². The number of ether oxygens (including phenoxy) is 1. The molecule has 0 saturated carbocycles. The minimum absolute atomic E-state index is 0. The van der Waals surface area contributed by atoms with Crippen molar-refractivity contribution < 1.29 is 61.2 Å². The van der Waals surface area contributed by atoms with Crippen molar-refractivity contribution in [3.05, 3.63) is 69.1 Å². The van der Waals surface area contributed by atoms with E-state index in [1.165, 1.54) is 25.5 Å². The summed E-state index contributed by atoms with van der Waals surface area (Å²) in [6.45, 7) is 0. The Balaban J connectivity index is 0. The Morgan fingerprint density at radius 2 is 1.80 bits per heavy atom. The molecule has 0 saturated heterocycles. The molecule has 1 aromatic heterocycles.